The maximum Gasteiger partial charge on any atom is 0.417 e. The second-order valence-electron chi connectivity index (χ2n) is 4.35. The van der Waals surface area contributed by atoms with Gasteiger partial charge in [-0.15, -0.1) is 0 Å². The molecule has 2 aromatic rings. The van der Waals surface area contributed by atoms with E-state index in [1.54, 1.807) is 42.5 Å². The average molecular weight is 355 g/mol. The molecule has 0 saturated heterocycles. The minimum atomic E-state index is -4.39. The quantitative estimate of drug-likeness (QED) is 0.529. The average Bonchev–Trinajstić information content (AvgIpc) is 2.45. The van der Waals surface area contributed by atoms with Crippen molar-refractivity contribution < 1.29 is 18.0 Å². The lowest BCUT2D eigenvalue weighted by Crippen LogP contribution is -2.06. The van der Waals surface area contributed by atoms with Gasteiger partial charge in [0.1, 0.15) is 6.29 Å². The summed E-state index contributed by atoms with van der Waals surface area (Å²) in [6, 6.07) is 10.8. The van der Waals surface area contributed by atoms with Crippen LogP contribution in [0.5, 0.6) is 0 Å². The molecule has 5 heteroatoms. The van der Waals surface area contributed by atoms with Crippen LogP contribution < -0.4 is 0 Å². The first-order valence-electron chi connectivity index (χ1n) is 6.00. The van der Waals surface area contributed by atoms with Crippen LogP contribution in [-0.4, -0.2) is 6.29 Å². The van der Waals surface area contributed by atoms with Gasteiger partial charge in [0.25, 0.3) is 0 Å². The molecule has 0 aliphatic heterocycles. The third-order valence-corrected chi connectivity index (χ3v) is 3.53. The largest absolute Gasteiger partial charge is 0.417 e. The lowest BCUT2D eigenvalue weighted by atomic mass is 10.1. The van der Waals surface area contributed by atoms with Crippen molar-refractivity contribution in [1.29, 1.82) is 0 Å². The van der Waals surface area contributed by atoms with E-state index in [0.29, 0.717) is 11.1 Å². The summed E-state index contributed by atoms with van der Waals surface area (Å²) in [5, 5.41) is 0. The Morgan fingerprint density at radius 1 is 0.857 bits per heavy atom. The molecule has 0 fully saturated rings. The fraction of sp³-hybridized carbons (Fsp3) is 0.0625. The molecule has 0 spiro atoms. The molecule has 0 radical (unpaired) electrons. The third kappa shape index (κ3) is 4.04. The van der Waals surface area contributed by atoms with Gasteiger partial charge in [-0.05, 0) is 23.3 Å². The van der Waals surface area contributed by atoms with Crippen molar-refractivity contribution in [3.63, 3.8) is 0 Å². The van der Waals surface area contributed by atoms with Crippen molar-refractivity contribution in [1.82, 2.24) is 0 Å². The van der Waals surface area contributed by atoms with Gasteiger partial charge in [0.15, 0.2) is 0 Å². The molecule has 0 saturated carbocycles. The first-order chi connectivity index (χ1) is 9.90. The van der Waals surface area contributed by atoms with Crippen LogP contribution >= 0.6 is 15.9 Å². The predicted octanol–water partition coefficient (Wildman–Crippen LogP) is 5.45. The maximum absolute atomic E-state index is 12.8. The lowest BCUT2D eigenvalue weighted by Gasteiger charge is -2.09. The Hall–Kier alpha value is -1.88. The zero-order valence-electron chi connectivity index (χ0n) is 10.7. The fourth-order valence-corrected chi connectivity index (χ4v) is 2.21. The Kier molecular flexibility index (Phi) is 4.63. The normalized spacial score (nSPS) is 11.8. The second-order valence-corrected chi connectivity index (χ2v) is 5.21. The van der Waals surface area contributed by atoms with Gasteiger partial charge < -0.3 is 0 Å². The van der Waals surface area contributed by atoms with Crippen LogP contribution in [0, 0.1) is 0 Å². The number of rotatable bonds is 3. The van der Waals surface area contributed by atoms with Gasteiger partial charge in [0, 0.05) is 10.0 Å². The standard InChI is InChI=1S/C16H10BrF3O/c17-15-8-7-12(9-14(15)16(18,19)20)4-1-11-2-5-13(10-21)6-3-11/h1-10H/b4-1+. The van der Waals surface area contributed by atoms with E-state index < -0.39 is 11.7 Å². The molecule has 0 heterocycles. The van der Waals surface area contributed by atoms with E-state index in [0.717, 1.165) is 17.9 Å². The molecule has 0 atom stereocenters. The summed E-state index contributed by atoms with van der Waals surface area (Å²) in [7, 11) is 0. The van der Waals surface area contributed by atoms with Crippen LogP contribution in [0.3, 0.4) is 0 Å². The summed E-state index contributed by atoms with van der Waals surface area (Å²) in [6.07, 6.45) is -0.373. The van der Waals surface area contributed by atoms with Crippen molar-refractivity contribution in [3.05, 3.63) is 69.2 Å². The van der Waals surface area contributed by atoms with Crippen molar-refractivity contribution in [2.45, 2.75) is 6.18 Å². The number of aldehydes is 1. The number of halogens is 4. The van der Waals surface area contributed by atoms with Gasteiger partial charge >= 0.3 is 6.18 Å². The SMILES string of the molecule is O=Cc1ccc(/C=C/c2ccc(Br)c(C(F)(F)F)c2)cc1. The van der Waals surface area contributed by atoms with E-state index in [2.05, 4.69) is 15.9 Å². The molecular weight excluding hydrogens is 345 g/mol. The van der Waals surface area contributed by atoms with E-state index in [9.17, 15) is 18.0 Å². The molecule has 2 aromatic carbocycles. The Bertz CT molecular complexity index is 673. The number of alkyl halides is 3. The molecule has 1 nitrogen and oxygen atoms in total. The molecule has 0 aliphatic rings. The molecule has 108 valence electrons. The minimum Gasteiger partial charge on any atom is -0.298 e. The van der Waals surface area contributed by atoms with Gasteiger partial charge in [-0.3, -0.25) is 4.79 Å². The number of hydrogen-bond donors (Lipinski definition) is 0. The van der Waals surface area contributed by atoms with E-state index in [4.69, 9.17) is 0 Å². The topological polar surface area (TPSA) is 17.1 Å². The van der Waals surface area contributed by atoms with E-state index in [1.807, 2.05) is 0 Å². The van der Waals surface area contributed by atoms with Gasteiger partial charge in [0.05, 0.1) is 5.56 Å². The maximum atomic E-state index is 12.8. The number of benzene rings is 2. The molecule has 0 N–H and O–H groups in total. The highest BCUT2D eigenvalue weighted by Gasteiger charge is 2.32. The van der Waals surface area contributed by atoms with Crippen LogP contribution in [0.4, 0.5) is 13.2 Å². The number of carbonyl (C=O) groups excluding carboxylic acids is 1. The minimum absolute atomic E-state index is 0.0162. The molecule has 2 rings (SSSR count). The Morgan fingerprint density at radius 3 is 1.95 bits per heavy atom. The Morgan fingerprint density at radius 2 is 1.38 bits per heavy atom. The van der Waals surface area contributed by atoms with Crippen LogP contribution in [0.2, 0.25) is 0 Å². The van der Waals surface area contributed by atoms with Crippen LogP contribution in [0.25, 0.3) is 12.2 Å². The molecule has 0 amide bonds. The summed E-state index contributed by atoms with van der Waals surface area (Å²) in [5.41, 5.74) is 1.10. The zero-order valence-corrected chi connectivity index (χ0v) is 12.3. The van der Waals surface area contributed by atoms with Gasteiger partial charge in [-0.1, -0.05) is 58.4 Å². The van der Waals surface area contributed by atoms with Crippen molar-refractivity contribution in [2.75, 3.05) is 0 Å². The van der Waals surface area contributed by atoms with Gasteiger partial charge in [-0.2, -0.15) is 13.2 Å². The van der Waals surface area contributed by atoms with Crippen LogP contribution in [-0.2, 0) is 6.18 Å². The van der Waals surface area contributed by atoms with Crippen molar-refractivity contribution >= 4 is 34.4 Å². The highest BCUT2D eigenvalue weighted by molar-refractivity contribution is 9.10. The monoisotopic (exact) mass is 354 g/mol. The zero-order chi connectivity index (χ0) is 15.5. The lowest BCUT2D eigenvalue weighted by molar-refractivity contribution is -0.138. The summed E-state index contributed by atoms with van der Waals surface area (Å²) >= 11 is 2.90. The van der Waals surface area contributed by atoms with Crippen LogP contribution in [0.15, 0.2) is 46.9 Å². The van der Waals surface area contributed by atoms with E-state index in [1.165, 1.54) is 6.07 Å². The van der Waals surface area contributed by atoms with E-state index >= 15 is 0 Å². The molecular formula is C16H10BrF3O. The molecule has 0 aliphatic carbocycles. The fourth-order valence-electron chi connectivity index (χ4n) is 1.74. The summed E-state index contributed by atoms with van der Waals surface area (Å²) in [6.45, 7) is 0. The highest BCUT2D eigenvalue weighted by atomic mass is 79.9. The molecule has 0 unspecified atom stereocenters. The second kappa shape index (κ2) is 6.26. The molecule has 0 bridgehead atoms. The van der Waals surface area contributed by atoms with Crippen molar-refractivity contribution in [3.8, 4) is 0 Å². The third-order valence-electron chi connectivity index (χ3n) is 2.84. The number of hydrogen-bond acceptors (Lipinski definition) is 1. The summed E-state index contributed by atoms with van der Waals surface area (Å²) in [4.78, 5) is 10.5. The number of carbonyl (C=O) groups is 1. The van der Waals surface area contributed by atoms with Crippen LogP contribution in [0.1, 0.15) is 27.0 Å². The summed E-state index contributed by atoms with van der Waals surface area (Å²) < 4.78 is 38.4. The Balaban J connectivity index is 2.26. The first-order valence-corrected chi connectivity index (χ1v) is 6.79. The predicted molar refractivity (Wildman–Crippen MR) is 79.9 cm³/mol. The van der Waals surface area contributed by atoms with Gasteiger partial charge in [0.2, 0.25) is 0 Å². The first kappa shape index (κ1) is 15.5. The Labute approximate surface area is 128 Å². The van der Waals surface area contributed by atoms with Gasteiger partial charge in [-0.25, -0.2) is 0 Å². The molecule has 21 heavy (non-hydrogen) atoms. The summed E-state index contributed by atoms with van der Waals surface area (Å²) in [5.74, 6) is 0. The molecule has 0 aromatic heterocycles. The van der Waals surface area contributed by atoms with E-state index in [-0.39, 0.29) is 4.47 Å². The highest BCUT2D eigenvalue weighted by Crippen LogP contribution is 2.35. The smallest absolute Gasteiger partial charge is 0.298 e. The van der Waals surface area contributed by atoms with Crippen molar-refractivity contribution in [2.24, 2.45) is 0 Å².